The van der Waals surface area contributed by atoms with Gasteiger partial charge in [-0.2, -0.15) is 16.8 Å². The summed E-state index contributed by atoms with van der Waals surface area (Å²) in [7, 11) is -16.8. The van der Waals surface area contributed by atoms with Crippen LogP contribution in [0.5, 0.6) is 0 Å². The number of hydrogen-bond acceptors (Lipinski definition) is 10. The minimum absolute atomic E-state index is 0.133. The van der Waals surface area contributed by atoms with Crippen molar-refractivity contribution in [1.82, 2.24) is 9.44 Å². The Labute approximate surface area is 212 Å². The van der Waals surface area contributed by atoms with Crippen LogP contribution in [0.15, 0.2) is 58.3 Å². The minimum Gasteiger partial charge on any atom is -0.263 e. The van der Waals surface area contributed by atoms with Gasteiger partial charge in [-0.15, -0.1) is 0 Å². The van der Waals surface area contributed by atoms with Crippen LogP contribution < -0.4 is 9.44 Å². The molecular weight excluding hydrogens is 556 g/mol. The highest BCUT2D eigenvalue weighted by Crippen LogP contribution is 2.15. The van der Waals surface area contributed by atoms with E-state index >= 15 is 0 Å². The summed E-state index contributed by atoms with van der Waals surface area (Å²) in [6, 6.07) is 11.5. The Kier molecular flexibility index (Phi) is 9.80. The van der Waals surface area contributed by atoms with Crippen molar-refractivity contribution in [2.24, 2.45) is 0 Å². The molecule has 2 unspecified atom stereocenters. The van der Waals surface area contributed by atoms with Gasteiger partial charge in [0.25, 0.3) is 20.2 Å². The van der Waals surface area contributed by atoms with E-state index in [1.165, 1.54) is 24.3 Å². The Hall–Kier alpha value is -1.92. The average molecular weight is 585 g/mol. The van der Waals surface area contributed by atoms with Gasteiger partial charge in [0.2, 0.25) is 20.0 Å². The third-order valence-electron chi connectivity index (χ3n) is 4.62. The van der Waals surface area contributed by atoms with E-state index in [1.54, 1.807) is 38.1 Å². The Morgan fingerprint density at radius 1 is 0.583 bits per heavy atom. The highest BCUT2D eigenvalue weighted by Gasteiger charge is 2.33. The minimum atomic E-state index is -4.26. The molecule has 0 amide bonds. The summed E-state index contributed by atoms with van der Waals surface area (Å²) in [5.41, 5.74) is 1.60. The standard InChI is InChI=1S/C20H28N2O10S4/c1-15-5-9-17(10-6-15)35(27,28)21-13-19(31-33(3,23)24)20(32-34(4,25)26)14-22-36(29,30)18-11-7-16(2)8-12-18/h5-12,19-22H,13-14H2,1-4H3. The second kappa shape index (κ2) is 11.6. The Bertz CT molecular complexity index is 1350. The molecule has 36 heavy (non-hydrogen) atoms. The quantitative estimate of drug-likeness (QED) is 0.310. The van der Waals surface area contributed by atoms with Gasteiger partial charge in [0.15, 0.2) is 0 Å². The number of nitrogens with one attached hydrogen (secondary N) is 2. The van der Waals surface area contributed by atoms with Crippen molar-refractivity contribution >= 4 is 40.3 Å². The number of sulfonamides is 2. The van der Waals surface area contributed by atoms with E-state index in [0.29, 0.717) is 12.5 Å². The van der Waals surface area contributed by atoms with Gasteiger partial charge in [-0.1, -0.05) is 35.4 Å². The summed E-state index contributed by atoms with van der Waals surface area (Å²) in [5, 5.41) is 0. The van der Waals surface area contributed by atoms with Gasteiger partial charge in [-0.25, -0.2) is 26.3 Å². The lowest BCUT2D eigenvalue weighted by Crippen LogP contribution is -2.48. The maximum atomic E-state index is 12.7. The molecule has 0 fully saturated rings. The lowest BCUT2D eigenvalue weighted by atomic mass is 10.2. The van der Waals surface area contributed by atoms with Crippen LogP contribution in [-0.4, -0.2) is 71.5 Å². The largest absolute Gasteiger partial charge is 0.264 e. The third kappa shape index (κ3) is 9.85. The molecule has 0 aromatic heterocycles. The van der Waals surface area contributed by atoms with Crippen LogP contribution in [0, 0.1) is 13.8 Å². The average Bonchev–Trinajstić information content (AvgIpc) is 2.73. The summed E-state index contributed by atoms with van der Waals surface area (Å²) in [6.45, 7) is 2.00. The molecule has 0 aliphatic heterocycles. The molecule has 0 heterocycles. The fourth-order valence-electron chi connectivity index (χ4n) is 2.89. The Morgan fingerprint density at radius 2 is 0.861 bits per heavy atom. The molecule has 16 heteroatoms. The predicted molar refractivity (Wildman–Crippen MR) is 132 cm³/mol. The van der Waals surface area contributed by atoms with E-state index in [9.17, 15) is 33.7 Å². The molecule has 2 aromatic carbocycles. The molecule has 0 aliphatic rings. The van der Waals surface area contributed by atoms with E-state index in [1.807, 2.05) is 0 Å². The van der Waals surface area contributed by atoms with Crippen molar-refractivity contribution in [3.8, 4) is 0 Å². The maximum absolute atomic E-state index is 12.7. The van der Waals surface area contributed by atoms with Crippen molar-refractivity contribution in [2.75, 3.05) is 25.6 Å². The fourth-order valence-corrected chi connectivity index (χ4v) is 6.26. The zero-order chi connectivity index (χ0) is 27.4. The van der Waals surface area contributed by atoms with E-state index in [2.05, 4.69) is 9.44 Å². The monoisotopic (exact) mass is 584 g/mol. The lowest BCUT2D eigenvalue weighted by Gasteiger charge is -2.26. The van der Waals surface area contributed by atoms with Crippen molar-refractivity contribution < 1.29 is 42.0 Å². The lowest BCUT2D eigenvalue weighted by molar-refractivity contribution is 0.0704. The zero-order valence-corrected chi connectivity index (χ0v) is 23.2. The van der Waals surface area contributed by atoms with Crippen molar-refractivity contribution in [3.63, 3.8) is 0 Å². The molecule has 0 saturated carbocycles. The van der Waals surface area contributed by atoms with Crippen LogP contribution in [0.4, 0.5) is 0 Å². The number of aryl methyl sites for hydroxylation is 2. The molecule has 0 spiro atoms. The van der Waals surface area contributed by atoms with E-state index in [4.69, 9.17) is 8.37 Å². The Morgan fingerprint density at radius 3 is 1.11 bits per heavy atom. The van der Waals surface area contributed by atoms with Gasteiger partial charge in [-0.3, -0.25) is 8.37 Å². The van der Waals surface area contributed by atoms with Gasteiger partial charge in [0.1, 0.15) is 12.2 Å². The maximum Gasteiger partial charge on any atom is 0.264 e. The number of hydrogen-bond donors (Lipinski definition) is 2. The van der Waals surface area contributed by atoms with Crippen molar-refractivity contribution in [3.05, 3.63) is 59.7 Å². The van der Waals surface area contributed by atoms with Crippen molar-refractivity contribution in [2.45, 2.75) is 35.8 Å². The molecule has 0 aliphatic carbocycles. The summed E-state index contributed by atoms with van der Waals surface area (Å²) in [5.74, 6) is 0. The summed E-state index contributed by atoms with van der Waals surface area (Å²) >= 11 is 0. The molecule has 0 radical (unpaired) electrons. The first-order valence-electron chi connectivity index (χ1n) is 10.3. The second-order valence-corrected chi connectivity index (χ2v) is 14.7. The van der Waals surface area contributed by atoms with E-state index < -0.39 is 65.6 Å². The van der Waals surface area contributed by atoms with Gasteiger partial charge < -0.3 is 0 Å². The van der Waals surface area contributed by atoms with Gasteiger partial charge in [0.05, 0.1) is 22.3 Å². The highest BCUT2D eigenvalue weighted by molar-refractivity contribution is 7.89. The first-order chi connectivity index (χ1) is 16.4. The van der Waals surface area contributed by atoms with Crippen LogP contribution in [0.25, 0.3) is 0 Å². The van der Waals surface area contributed by atoms with Gasteiger partial charge in [-0.05, 0) is 38.1 Å². The SMILES string of the molecule is Cc1ccc(S(=O)(=O)NCC(OS(C)(=O)=O)C(CNS(=O)(=O)c2ccc(C)cc2)OS(C)(=O)=O)cc1. The first-order valence-corrected chi connectivity index (χ1v) is 16.9. The molecule has 2 atom stereocenters. The van der Waals surface area contributed by atoms with Crippen LogP contribution in [-0.2, 0) is 48.6 Å². The molecule has 2 N–H and O–H groups in total. The Balaban J connectivity index is 2.33. The number of rotatable bonds is 13. The normalized spacial score (nSPS) is 14.9. The van der Waals surface area contributed by atoms with Crippen LogP contribution >= 0.6 is 0 Å². The first kappa shape index (κ1) is 30.3. The molecule has 202 valence electrons. The molecule has 2 aromatic rings. The van der Waals surface area contributed by atoms with E-state index in [0.717, 1.165) is 11.1 Å². The van der Waals surface area contributed by atoms with Gasteiger partial charge in [0, 0.05) is 13.1 Å². The molecular formula is C20H28N2O10S4. The van der Waals surface area contributed by atoms with Crippen molar-refractivity contribution in [1.29, 1.82) is 0 Å². The molecule has 0 bridgehead atoms. The van der Waals surface area contributed by atoms with Crippen LogP contribution in [0.2, 0.25) is 0 Å². The molecule has 12 nitrogen and oxygen atoms in total. The van der Waals surface area contributed by atoms with Crippen LogP contribution in [0.1, 0.15) is 11.1 Å². The molecule has 2 rings (SSSR count). The molecule has 0 saturated heterocycles. The second-order valence-electron chi connectivity index (χ2n) is 8.01. The van der Waals surface area contributed by atoms with E-state index in [-0.39, 0.29) is 9.79 Å². The fraction of sp³-hybridized carbons (Fsp3) is 0.400. The summed E-state index contributed by atoms with van der Waals surface area (Å²) < 4.78 is 112. The summed E-state index contributed by atoms with van der Waals surface area (Å²) in [6.07, 6.45) is -2.17. The van der Waals surface area contributed by atoms with Gasteiger partial charge >= 0.3 is 0 Å². The predicted octanol–water partition coefficient (Wildman–Crippen LogP) is 0.250. The summed E-state index contributed by atoms with van der Waals surface area (Å²) in [4.78, 5) is -0.265. The topological polar surface area (TPSA) is 179 Å². The zero-order valence-electron chi connectivity index (χ0n) is 19.9. The number of benzene rings is 2. The highest BCUT2D eigenvalue weighted by atomic mass is 32.2. The van der Waals surface area contributed by atoms with Crippen LogP contribution in [0.3, 0.4) is 0 Å². The third-order valence-corrected chi connectivity index (χ3v) is 8.70. The smallest absolute Gasteiger partial charge is 0.263 e.